The van der Waals surface area contributed by atoms with E-state index in [9.17, 15) is 9.59 Å². The lowest BCUT2D eigenvalue weighted by Gasteiger charge is -2.29. The summed E-state index contributed by atoms with van der Waals surface area (Å²) in [5.41, 5.74) is 2.80. The number of aliphatic carboxylic acids is 1. The standard InChI is InChI=1S/C20H21N5O3/c1-20(2)7-5-12(6-8-20)17-15(4-3-13(23-17)9-16(26)27)25-19(28)18-22-11-14(10-21)24-18/h3-5,11H,6-9H2,1-2H3,(H,22,24)(H,25,28)(H,26,27). The number of carboxylic acid groups (broad SMARTS) is 1. The van der Waals surface area contributed by atoms with Crippen molar-refractivity contribution < 1.29 is 14.7 Å². The molecule has 0 unspecified atom stereocenters. The number of nitrogens with zero attached hydrogens (tertiary/aromatic N) is 3. The number of nitrogens with one attached hydrogen (secondary N) is 2. The van der Waals surface area contributed by atoms with Crippen LogP contribution in [0.1, 0.15) is 60.8 Å². The van der Waals surface area contributed by atoms with E-state index in [-0.39, 0.29) is 23.4 Å². The van der Waals surface area contributed by atoms with Crippen LogP contribution in [0.15, 0.2) is 24.4 Å². The quantitative estimate of drug-likeness (QED) is 0.731. The van der Waals surface area contributed by atoms with Crippen molar-refractivity contribution >= 4 is 23.1 Å². The normalized spacial score (nSPS) is 15.4. The third-order valence-electron chi connectivity index (χ3n) is 4.72. The topological polar surface area (TPSA) is 132 Å². The molecular weight excluding hydrogens is 358 g/mol. The van der Waals surface area contributed by atoms with Crippen molar-refractivity contribution in [2.24, 2.45) is 5.41 Å². The Bertz CT molecular complexity index is 998. The minimum absolute atomic E-state index is 0.0240. The van der Waals surface area contributed by atoms with Gasteiger partial charge in [0.2, 0.25) is 0 Å². The Balaban J connectivity index is 1.93. The highest BCUT2D eigenvalue weighted by atomic mass is 16.4. The van der Waals surface area contributed by atoms with Crippen molar-refractivity contribution in [2.45, 2.75) is 39.5 Å². The molecule has 2 aromatic heterocycles. The monoisotopic (exact) mass is 379 g/mol. The summed E-state index contributed by atoms with van der Waals surface area (Å²) in [6.07, 6.45) is 5.91. The van der Waals surface area contributed by atoms with Crippen LogP contribution in [0.5, 0.6) is 0 Å². The maximum absolute atomic E-state index is 12.5. The van der Waals surface area contributed by atoms with Crippen molar-refractivity contribution in [2.75, 3.05) is 5.32 Å². The maximum atomic E-state index is 12.5. The van der Waals surface area contributed by atoms with Crippen molar-refractivity contribution in [3.05, 3.63) is 47.3 Å². The first-order valence-corrected chi connectivity index (χ1v) is 8.95. The molecule has 2 heterocycles. The van der Waals surface area contributed by atoms with Crippen LogP contribution in [-0.4, -0.2) is 31.9 Å². The highest BCUT2D eigenvalue weighted by molar-refractivity contribution is 6.03. The molecule has 0 fully saturated rings. The third kappa shape index (κ3) is 4.43. The average Bonchev–Trinajstić information content (AvgIpc) is 3.12. The van der Waals surface area contributed by atoms with Gasteiger partial charge in [-0.2, -0.15) is 5.26 Å². The first-order valence-electron chi connectivity index (χ1n) is 8.95. The lowest BCUT2D eigenvalue weighted by molar-refractivity contribution is -0.136. The van der Waals surface area contributed by atoms with E-state index in [1.165, 1.54) is 6.20 Å². The minimum Gasteiger partial charge on any atom is -0.481 e. The molecule has 0 atom stereocenters. The number of pyridine rings is 1. The van der Waals surface area contributed by atoms with Gasteiger partial charge in [0.15, 0.2) is 11.5 Å². The number of nitriles is 1. The van der Waals surface area contributed by atoms with Gasteiger partial charge < -0.3 is 15.4 Å². The largest absolute Gasteiger partial charge is 0.481 e. The zero-order valence-corrected chi connectivity index (χ0v) is 15.7. The van der Waals surface area contributed by atoms with Crippen LogP contribution in [0, 0.1) is 16.7 Å². The molecule has 8 heteroatoms. The molecule has 0 aliphatic heterocycles. The van der Waals surface area contributed by atoms with Crippen molar-refractivity contribution in [3.63, 3.8) is 0 Å². The number of aromatic amines is 1. The lowest BCUT2D eigenvalue weighted by atomic mass is 9.77. The summed E-state index contributed by atoms with van der Waals surface area (Å²) in [6.45, 7) is 4.39. The van der Waals surface area contributed by atoms with Crippen LogP contribution >= 0.6 is 0 Å². The Morgan fingerprint density at radius 3 is 2.75 bits per heavy atom. The van der Waals surface area contributed by atoms with Crippen LogP contribution in [0.2, 0.25) is 0 Å². The number of imidazole rings is 1. The second-order valence-corrected chi connectivity index (χ2v) is 7.57. The summed E-state index contributed by atoms with van der Waals surface area (Å²) in [5, 5.41) is 20.7. The Morgan fingerprint density at radius 2 is 2.14 bits per heavy atom. The summed E-state index contributed by atoms with van der Waals surface area (Å²) in [5.74, 6) is -1.43. The second kappa shape index (κ2) is 7.64. The predicted octanol–water partition coefficient (Wildman–Crippen LogP) is 3.15. The number of amides is 1. The van der Waals surface area contributed by atoms with E-state index in [0.717, 1.165) is 24.8 Å². The predicted molar refractivity (Wildman–Crippen MR) is 102 cm³/mol. The molecule has 0 bridgehead atoms. The van der Waals surface area contributed by atoms with Gasteiger partial charge in [-0.1, -0.05) is 19.9 Å². The first-order chi connectivity index (χ1) is 13.3. The number of anilines is 1. The van der Waals surface area contributed by atoms with Gasteiger partial charge in [0, 0.05) is 6.20 Å². The Kier molecular flexibility index (Phi) is 5.27. The van der Waals surface area contributed by atoms with Crippen LogP contribution in [0.3, 0.4) is 0 Å². The second-order valence-electron chi connectivity index (χ2n) is 7.57. The molecule has 1 amide bonds. The molecule has 3 rings (SSSR count). The van der Waals surface area contributed by atoms with Gasteiger partial charge >= 0.3 is 5.97 Å². The number of rotatable bonds is 5. The number of hydrogen-bond donors (Lipinski definition) is 3. The van der Waals surface area contributed by atoms with Gasteiger partial charge in [-0.3, -0.25) is 14.6 Å². The molecule has 0 saturated carbocycles. The fourth-order valence-electron chi connectivity index (χ4n) is 3.07. The highest BCUT2D eigenvalue weighted by Gasteiger charge is 2.24. The van der Waals surface area contributed by atoms with Crippen molar-refractivity contribution in [1.82, 2.24) is 15.0 Å². The average molecular weight is 379 g/mol. The first kappa shape index (κ1) is 19.3. The van der Waals surface area contributed by atoms with E-state index in [1.54, 1.807) is 12.1 Å². The van der Waals surface area contributed by atoms with Crippen LogP contribution in [0.25, 0.3) is 5.57 Å². The Labute approximate surface area is 162 Å². The zero-order valence-electron chi connectivity index (χ0n) is 15.7. The summed E-state index contributed by atoms with van der Waals surface area (Å²) in [6, 6.07) is 5.11. The van der Waals surface area contributed by atoms with Gasteiger partial charge in [-0.25, -0.2) is 4.98 Å². The van der Waals surface area contributed by atoms with Crippen LogP contribution < -0.4 is 5.32 Å². The molecule has 0 radical (unpaired) electrons. The molecule has 3 N–H and O–H groups in total. The molecule has 1 aliphatic carbocycles. The summed E-state index contributed by atoms with van der Waals surface area (Å²) < 4.78 is 0. The number of carboxylic acids is 1. The van der Waals surface area contributed by atoms with E-state index in [1.807, 2.05) is 6.07 Å². The molecular formula is C20H21N5O3. The van der Waals surface area contributed by atoms with Gasteiger partial charge in [0.05, 0.1) is 23.5 Å². The van der Waals surface area contributed by atoms with Gasteiger partial charge in [0.1, 0.15) is 6.07 Å². The molecule has 1 aliphatic rings. The zero-order chi connectivity index (χ0) is 20.3. The van der Waals surface area contributed by atoms with E-state index in [0.29, 0.717) is 17.1 Å². The fraction of sp³-hybridized carbons (Fsp3) is 0.350. The lowest BCUT2D eigenvalue weighted by Crippen LogP contribution is -2.18. The Morgan fingerprint density at radius 1 is 1.36 bits per heavy atom. The SMILES string of the molecule is CC1(C)CC=C(c2nc(CC(=O)O)ccc2NC(=O)c2nc(C#N)c[nH]2)CC1. The minimum atomic E-state index is -0.964. The van der Waals surface area contributed by atoms with Gasteiger partial charge in [-0.05, 0) is 42.4 Å². The number of carbonyl (C=O) groups excluding carboxylic acids is 1. The molecule has 144 valence electrons. The van der Waals surface area contributed by atoms with Gasteiger partial charge in [0.25, 0.3) is 5.91 Å². The maximum Gasteiger partial charge on any atom is 0.309 e. The number of aromatic nitrogens is 3. The van der Waals surface area contributed by atoms with Crippen molar-refractivity contribution in [1.29, 1.82) is 5.26 Å². The van der Waals surface area contributed by atoms with Crippen LogP contribution in [-0.2, 0) is 11.2 Å². The summed E-state index contributed by atoms with van der Waals surface area (Å²) in [7, 11) is 0. The molecule has 0 aromatic carbocycles. The molecule has 0 saturated heterocycles. The van der Waals surface area contributed by atoms with E-state index in [4.69, 9.17) is 10.4 Å². The molecule has 2 aromatic rings. The number of hydrogen-bond acceptors (Lipinski definition) is 5. The third-order valence-corrected chi connectivity index (χ3v) is 4.72. The molecule has 28 heavy (non-hydrogen) atoms. The van der Waals surface area contributed by atoms with E-state index < -0.39 is 11.9 Å². The molecule has 0 spiro atoms. The Hall–Kier alpha value is -3.47. The van der Waals surface area contributed by atoms with Crippen LogP contribution in [0.4, 0.5) is 5.69 Å². The van der Waals surface area contributed by atoms with E-state index >= 15 is 0 Å². The number of allylic oxidation sites excluding steroid dienone is 2. The van der Waals surface area contributed by atoms with E-state index in [2.05, 4.69) is 40.2 Å². The summed E-state index contributed by atoms with van der Waals surface area (Å²) >= 11 is 0. The number of carbonyl (C=O) groups is 2. The molecule has 8 nitrogen and oxygen atoms in total. The number of H-pyrrole nitrogens is 1. The summed E-state index contributed by atoms with van der Waals surface area (Å²) in [4.78, 5) is 34.6. The van der Waals surface area contributed by atoms with Crippen molar-refractivity contribution in [3.8, 4) is 6.07 Å². The van der Waals surface area contributed by atoms with Gasteiger partial charge in [-0.15, -0.1) is 0 Å². The smallest absolute Gasteiger partial charge is 0.309 e. The highest BCUT2D eigenvalue weighted by Crippen LogP contribution is 2.39. The fourth-order valence-corrected chi connectivity index (χ4v) is 3.07.